The first kappa shape index (κ1) is 10.5. The molecular weight excluding hydrogens is 180 g/mol. The molecule has 13 heavy (non-hydrogen) atoms. The molecule has 1 aromatic rings. The Morgan fingerprint density at radius 3 is 2.54 bits per heavy atom. The molecule has 0 aliphatic heterocycles. The van der Waals surface area contributed by atoms with Crippen molar-refractivity contribution in [2.45, 2.75) is 32.4 Å². The van der Waals surface area contributed by atoms with Crippen LogP contribution in [0.2, 0.25) is 19.6 Å². The zero-order valence-electron chi connectivity index (χ0n) is 8.82. The molecule has 0 fully saturated rings. The van der Waals surface area contributed by atoms with Gasteiger partial charge < -0.3 is 4.74 Å². The lowest BCUT2D eigenvalue weighted by Crippen LogP contribution is -2.37. The number of rotatable bonds is 4. The molecule has 1 rings (SSSR count). The Labute approximate surface area is 80.7 Å². The molecule has 3 nitrogen and oxygen atoms in total. The van der Waals surface area contributed by atoms with Crippen LogP contribution in [0.4, 0.5) is 0 Å². The normalized spacial score (nSPS) is 14.5. The summed E-state index contributed by atoms with van der Waals surface area (Å²) in [5.41, 5.74) is 0. The fourth-order valence-electron chi connectivity index (χ4n) is 1.30. The zero-order valence-corrected chi connectivity index (χ0v) is 9.82. The average Bonchev–Trinajstić information content (AvgIpc) is 2.49. The smallest absolute Gasteiger partial charge is 0.134 e. The first-order valence-corrected chi connectivity index (χ1v) is 8.24. The summed E-state index contributed by atoms with van der Waals surface area (Å²) >= 11 is 0. The number of hydrogen-bond acceptors (Lipinski definition) is 2. The number of aromatic nitrogens is 2. The minimum Gasteiger partial charge on any atom is -0.360 e. The third-order valence-corrected chi connectivity index (χ3v) is 3.74. The molecule has 1 atom stereocenters. The van der Waals surface area contributed by atoms with E-state index in [4.69, 9.17) is 4.74 Å². The van der Waals surface area contributed by atoms with Crippen LogP contribution < -0.4 is 0 Å². The summed E-state index contributed by atoms with van der Waals surface area (Å²) in [5, 5.41) is 4.23. The maximum atomic E-state index is 5.71. The Kier molecular flexibility index (Phi) is 3.27. The van der Waals surface area contributed by atoms with Crippen molar-refractivity contribution >= 4 is 8.07 Å². The molecule has 4 heteroatoms. The van der Waals surface area contributed by atoms with E-state index < -0.39 is 8.07 Å². The van der Waals surface area contributed by atoms with E-state index in [1.54, 1.807) is 6.20 Å². The topological polar surface area (TPSA) is 27.1 Å². The summed E-state index contributed by atoms with van der Waals surface area (Å²) in [6.07, 6.45) is 3.77. The van der Waals surface area contributed by atoms with Crippen molar-refractivity contribution in [3.8, 4) is 0 Å². The molecule has 1 unspecified atom stereocenters. The number of nitrogens with zero attached hydrogens (tertiary/aromatic N) is 2. The maximum Gasteiger partial charge on any atom is 0.134 e. The van der Waals surface area contributed by atoms with E-state index in [1.807, 2.05) is 23.9 Å². The third kappa shape index (κ3) is 2.67. The predicted molar refractivity (Wildman–Crippen MR) is 56.2 cm³/mol. The summed E-state index contributed by atoms with van der Waals surface area (Å²) in [6, 6.07) is 1.94. The molecule has 0 radical (unpaired) electrons. The summed E-state index contributed by atoms with van der Waals surface area (Å²) in [6.45, 7) is 9.63. The number of ether oxygens (including phenoxy) is 1. The standard InChI is InChI=1S/C9H18N2OSi/c1-5-12-9(13(2,3)4)11-8-6-7-10-11/h6-9H,5H2,1-4H3. The van der Waals surface area contributed by atoms with Gasteiger partial charge in [-0.05, 0) is 13.0 Å². The monoisotopic (exact) mass is 198 g/mol. The molecule has 0 aliphatic carbocycles. The third-order valence-electron chi connectivity index (χ3n) is 1.83. The van der Waals surface area contributed by atoms with Crippen LogP contribution in [-0.2, 0) is 4.74 Å². The van der Waals surface area contributed by atoms with Gasteiger partial charge >= 0.3 is 0 Å². The highest BCUT2D eigenvalue weighted by Gasteiger charge is 2.29. The molecule has 74 valence electrons. The van der Waals surface area contributed by atoms with Gasteiger partial charge in [-0.1, -0.05) is 19.6 Å². The van der Waals surface area contributed by atoms with Gasteiger partial charge in [0.25, 0.3) is 0 Å². The van der Waals surface area contributed by atoms with E-state index in [2.05, 4.69) is 24.7 Å². The minimum absolute atomic E-state index is 0.160. The average molecular weight is 198 g/mol. The summed E-state index contributed by atoms with van der Waals surface area (Å²) in [4.78, 5) is 0. The Bertz CT molecular complexity index is 241. The Morgan fingerprint density at radius 2 is 2.15 bits per heavy atom. The van der Waals surface area contributed by atoms with E-state index in [-0.39, 0.29) is 5.85 Å². The SMILES string of the molecule is CCOC(n1cccn1)[Si](C)(C)C. The molecule has 0 saturated carbocycles. The number of hydrogen-bond donors (Lipinski definition) is 0. The molecule has 0 amide bonds. The summed E-state index contributed by atoms with van der Waals surface area (Å²) < 4.78 is 7.64. The Balaban J connectivity index is 2.81. The highest BCUT2D eigenvalue weighted by molar-refractivity contribution is 6.76. The lowest BCUT2D eigenvalue weighted by atomic mass is 10.8. The van der Waals surface area contributed by atoms with Gasteiger partial charge in [-0.25, -0.2) is 4.68 Å². The minimum atomic E-state index is -1.33. The van der Waals surface area contributed by atoms with Gasteiger partial charge in [0.2, 0.25) is 0 Å². The van der Waals surface area contributed by atoms with Crippen molar-refractivity contribution < 1.29 is 4.74 Å². The van der Waals surface area contributed by atoms with Crippen molar-refractivity contribution in [3.63, 3.8) is 0 Å². The first-order valence-electron chi connectivity index (χ1n) is 4.66. The molecule has 0 N–H and O–H groups in total. The largest absolute Gasteiger partial charge is 0.360 e. The quantitative estimate of drug-likeness (QED) is 0.694. The van der Waals surface area contributed by atoms with Crippen molar-refractivity contribution in [2.75, 3.05) is 6.61 Å². The van der Waals surface area contributed by atoms with Crippen molar-refractivity contribution in [1.82, 2.24) is 9.78 Å². The van der Waals surface area contributed by atoms with E-state index in [1.165, 1.54) is 0 Å². The maximum absolute atomic E-state index is 5.71. The highest BCUT2D eigenvalue weighted by Crippen LogP contribution is 2.21. The van der Waals surface area contributed by atoms with Crippen LogP contribution >= 0.6 is 0 Å². The van der Waals surface area contributed by atoms with Crippen LogP contribution in [-0.4, -0.2) is 24.5 Å². The molecule has 1 aromatic heterocycles. The lowest BCUT2D eigenvalue weighted by molar-refractivity contribution is 0.0550. The molecule has 0 bridgehead atoms. The van der Waals surface area contributed by atoms with Crippen molar-refractivity contribution in [2.24, 2.45) is 0 Å². The Morgan fingerprint density at radius 1 is 1.46 bits per heavy atom. The van der Waals surface area contributed by atoms with Crippen LogP contribution in [0.3, 0.4) is 0 Å². The van der Waals surface area contributed by atoms with Crippen LogP contribution in [0.5, 0.6) is 0 Å². The van der Waals surface area contributed by atoms with Crippen LogP contribution in [0.15, 0.2) is 18.5 Å². The van der Waals surface area contributed by atoms with Crippen molar-refractivity contribution in [3.05, 3.63) is 18.5 Å². The van der Waals surface area contributed by atoms with Gasteiger partial charge in [0.1, 0.15) is 13.9 Å². The van der Waals surface area contributed by atoms with Crippen molar-refractivity contribution in [1.29, 1.82) is 0 Å². The van der Waals surface area contributed by atoms with Crippen LogP contribution in [0.1, 0.15) is 12.8 Å². The fourth-order valence-corrected chi connectivity index (χ4v) is 2.91. The van der Waals surface area contributed by atoms with E-state index in [0.717, 1.165) is 6.61 Å². The zero-order chi connectivity index (χ0) is 9.90. The molecule has 0 aromatic carbocycles. The predicted octanol–water partition coefficient (Wildman–Crippen LogP) is 2.30. The lowest BCUT2D eigenvalue weighted by Gasteiger charge is -2.28. The highest BCUT2D eigenvalue weighted by atomic mass is 28.3. The van der Waals surface area contributed by atoms with E-state index >= 15 is 0 Å². The molecule has 0 aliphatic rings. The fraction of sp³-hybridized carbons (Fsp3) is 0.667. The summed E-state index contributed by atoms with van der Waals surface area (Å²) in [5.74, 6) is 0.160. The second-order valence-corrected chi connectivity index (χ2v) is 9.39. The Hall–Kier alpha value is -0.613. The molecule has 1 heterocycles. The van der Waals surface area contributed by atoms with Gasteiger partial charge in [0, 0.05) is 19.0 Å². The van der Waals surface area contributed by atoms with Gasteiger partial charge in [-0.15, -0.1) is 0 Å². The van der Waals surface area contributed by atoms with Gasteiger partial charge in [-0.3, -0.25) is 0 Å². The second kappa shape index (κ2) is 4.06. The second-order valence-electron chi connectivity index (χ2n) is 4.16. The molecule has 0 spiro atoms. The van der Waals surface area contributed by atoms with E-state index in [0.29, 0.717) is 0 Å². The van der Waals surface area contributed by atoms with Gasteiger partial charge in [0.15, 0.2) is 0 Å². The summed E-state index contributed by atoms with van der Waals surface area (Å²) in [7, 11) is -1.33. The van der Waals surface area contributed by atoms with Gasteiger partial charge in [-0.2, -0.15) is 5.10 Å². The van der Waals surface area contributed by atoms with Crippen LogP contribution in [0, 0.1) is 0 Å². The molecule has 0 saturated heterocycles. The molecular formula is C9H18N2OSi. The van der Waals surface area contributed by atoms with Gasteiger partial charge in [0.05, 0.1) is 0 Å². The van der Waals surface area contributed by atoms with Crippen LogP contribution in [0.25, 0.3) is 0 Å². The first-order chi connectivity index (χ1) is 6.05. The van der Waals surface area contributed by atoms with E-state index in [9.17, 15) is 0 Å².